The molecule has 2 aromatic rings. The lowest BCUT2D eigenvalue weighted by molar-refractivity contribution is -0.121. The van der Waals surface area contributed by atoms with Crippen molar-refractivity contribution in [2.24, 2.45) is 0 Å². The third kappa shape index (κ3) is 2.22. The summed E-state index contributed by atoms with van der Waals surface area (Å²) in [6, 6.07) is 5.88. The number of imidazole rings is 1. The molecule has 1 aromatic carbocycles. The van der Waals surface area contributed by atoms with E-state index in [1.165, 1.54) is 0 Å². The molecule has 17 heavy (non-hydrogen) atoms. The van der Waals surface area contributed by atoms with Crippen LogP contribution in [0, 0.1) is 6.92 Å². The van der Waals surface area contributed by atoms with Crippen molar-refractivity contribution < 1.29 is 4.79 Å². The number of likely N-dealkylation sites (N-methyl/N-ethyl adjacent to an activating group) is 1. The maximum absolute atomic E-state index is 11.6. The number of fused-ring (bicyclic) bond motifs is 1. The number of nitrogen functional groups attached to an aromatic ring is 1. The Hall–Kier alpha value is -2.04. The molecule has 0 fully saturated rings. The number of hydrogen-bond donors (Lipinski definition) is 2. The molecule has 90 valence electrons. The lowest BCUT2D eigenvalue weighted by Crippen LogP contribution is -2.27. The van der Waals surface area contributed by atoms with Crippen LogP contribution in [0.3, 0.4) is 0 Å². The number of nitrogens with zero attached hydrogens (tertiary/aromatic N) is 2. The molecule has 1 aromatic heterocycles. The van der Waals surface area contributed by atoms with Gasteiger partial charge in [0.1, 0.15) is 6.54 Å². The van der Waals surface area contributed by atoms with Crippen molar-refractivity contribution in [1.82, 2.24) is 14.9 Å². The molecular formula is C12H16N4O. The highest BCUT2D eigenvalue weighted by Gasteiger charge is 2.10. The second kappa shape index (κ2) is 4.45. The highest BCUT2D eigenvalue weighted by atomic mass is 16.1. The number of anilines is 1. The first-order chi connectivity index (χ1) is 8.11. The average Bonchev–Trinajstić information content (AvgIpc) is 2.55. The maximum Gasteiger partial charge on any atom is 0.240 e. The van der Waals surface area contributed by atoms with Gasteiger partial charge in [-0.25, -0.2) is 4.98 Å². The van der Waals surface area contributed by atoms with E-state index in [9.17, 15) is 4.79 Å². The normalized spacial score (nSPS) is 10.7. The molecule has 5 nitrogen and oxygen atoms in total. The second-order valence-electron chi connectivity index (χ2n) is 4.00. The highest BCUT2D eigenvalue weighted by Crippen LogP contribution is 2.18. The first-order valence-electron chi connectivity index (χ1n) is 5.61. The van der Waals surface area contributed by atoms with Gasteiger partial charge in [0.25, 0.3) is 0 Å². The molecule has 0 unspecified atom stereocenters. The zero-order valence-corrected chi connectivity index (χ0v) is 10.0. The van der Waals surface area contributed by atoms with Crippen molar-refractivity contribution >= 4 is 22.9 Å². The number of hydrogen-bond acceptors (Lipinski definition) is 3. The molecule has 5 heteroatoms. The molecule has 1 amide bonds. The van der Waals surface area contributed by atoms with Gasteiger partial charge in [-0.2, -0.15) is 0 Å². The van der Waals surface area contributed by atoms with Crippen LogP contribution in [0.2, 0.25) is 0 Å². The minimum Gasteiger partial charge on any atom is -0.369 e. The van der Waals surface area contributed by atoms with Gasteiger partial charge in [0.05, 0.1) is 11.0 Å². The van der Waals surface area contributed by atoms with Crippen molar-refractivity contribution in [2.45, 2.75) is 20.4 Å². The summed E-state index contributed by atoms with van der Waals surface area (Å²) in [7, 11) is 0. The molecule has 3 N–H and O–H groups in total. The van der Waals surface area contributed by atoms with Crippen LogP contribution in [0.25, 0.3) is 11.0 Å². The van der Waals surface area contributed by atoms with Gasteiger partial charge in [0.2, 0.25) is 11.9 Å². The number of benzene rings is 1. The van der Waals surface area contributed by atoms with Gasteiger partial charge in [-0.15, -0.1) is 0 Å². The topological polar surface area (TPSA) is 72.9 Å². The van der Waals surface area contributed by atoms with Gasteiger partial charge in [0, 0.05) is 6.54 Å². The van der Waals surface area contributed by atoms with Gasteiger partial charge in [-0.05, 0) is 31.5 Å². The fourth-order valence-electron chi connectivity index (χ4n) is 1.82. The van der Waals surface area contributed by atoms with Crippen molar-refractivity contribution in [2.75, 3.05) is 12.3 Å². The number of aromatic nitrogens is 2. The minimum absolute atomic E-state index is 0.0564. The minimum atomic E-state index is -0.0564. The van der Waals surface area contributed by atoms with Crippen LogP contribution < -0.4 is 11.1 Å². The van der Waals surface area contributed by atoms with E-state index < -0.39 is 0 Å². The molecule has 0 aliphatic rings. The first-order valence-corrected chi connectivity index (χ1v) is 5.61. The number of nitrogens with one attached hydrogen (secondary N) is 1. The monoisotopic (exact) mass is 232 g/mol. The summed E-state index contributed by atoms with van der Waals surface area (Å²) < 4.78 is 1.72. The Morgan fingerprint density at radius 3 is 3.00 bits per heavy atom. The molecule has 1 heterocycles. The molecule has 0 spiro atoms. The van der Waals surface area contributed by atoms with Crippen LogP contribution in [-0.2, 0) is 11.3 Å². The van der Waals surface area contributed by atoms with Crippen LogP contribution in [0.15, 0.2) is 18.2 Å². The Bertz CT molecular complexity index is 559. The van der Waals surface area contributed by atoms with E-state index in [-0.39, 0.29) is 12.5 Å². The number of carbonyl (C=O) groups excluding carboxylic acids is 1. The van der Waals surface area contributed by atoms with Crippen molar-refractivity contribution in [1.29, 1.82) is 0 Å². The molecule has 0 bridgehead atoms. The van der Waals surface area contributed by atoms with Crippen molar-refractivity contribution in [3.8, 4) is 0 Å². The van der Waals surface area contributed by atoms with E-state index in [1.54, 1.807) is 4.57 Å². The van der Waals surface area contributed by atoms with E-state index in [0.717, 1.165) is 16.6 Å². The smallest absolute Gasteiger partial charge is 0.240 e. The lowest BCUT2D eigenvalue weighted by Gasteiger charge is -2.06. The quantitative estimate of drug-likeness (QED) is 0.831. The predicted molar refractivity (Wildman–Crippen MR) is 67.6 cm³/mol. The predicted octanol–water partition coefficient (Wildman–Crippen LogP) is 1.06. The fourth-order valence-corrected chi connectivity index (χ4v) is 1.82. The van der Waals surface area contributed by atoms with E-state index in [1.807, 2.05) is 32.0 Å². The molecule has 0 aliphatic carbocycles. The van der Waals surface area contributed by atoms with Crippen LogP contribution in [0.5, 0.6) is 0 Å². The van der Waals surface area contributed by atoms with E-state index in [0.29, 0.717) is 12.5 Å². The average molecular weight is 232 g/mol. The Morgan fingerprint density at radius 1 is 1.53 bits per heavy atom. The summed E-state index contributed by atoms with van der Waals surface area (Å²) >= 11 is 0. The molecule has 0 aliphatic heterocycles. The Balaban J connectivity index is 2.39. The van der Waals surface area contributed by atoms with Crippen LogP contribution in [-0.4, -0.2) is 22.0 Å². The van der Waals surface area contributed by atoms with Crippen molar-refractivity contribution in [3.63, 3.8) is 0 Å². The van der Waals surface area contributed by atoms with Crippen LogP contribution in [0.4, 0.5) is 5.95 Å². The van der Waals surface area contributed by atoms with Gasteiger partial charge in [-0.3, -0.25) is 4.79 Å². The number of carbonyl (C=O) groups is 1. The van der Waals surface area contributed by atoms with Crippen LogP contribution >= 0.6 is 0 Å². The summed E-state index contributed by atoms with van der Waals surface area (Å²) in [6.45, 7) is 4.71. The van der Waals surface area contributed by atoms with Crippen LogP contribution in [0.1, 0.15) is 12.5 Å². The molecular weight excluding hydrogens is 216 g/mol. The summed E-state index contributed by atoms with van der Waals surface area (Å²) in [4.78, 5) is 15.8. The van der Waals surface area contributed by atoms with E-state index >= 15 is 0 Å². The summed E-state index contributed by atoms with van der Waals surface area (Å²) in [5, 5.41) is 2.74. The Kier molecular flexibility index (Phi) is 2.99. The standard InChI is InChI=1S/C12H16N4O/c1-3-14-11(17)7-16-10-5-4-8(2)6-9(10)15-12(16)13/h4-6H,3,7H2,1-2H3,(H2,13,15)(H,14,17). The largest absolute Gasteiger partial charge is 0.369 e. The first kappa shape index (κ1) is 11.4. The lowest BCUT2D eigenvalue weighted by atomic mass is 10.2. The van der Waals surface area contributed by atoms with E-state index in [4.69, 9.17) is 5.73 Å². The summed E-state index contributed by atoms with van der Waals surface area (Å²) in [5.74, 6) is 0.316. The van der Waals surface area contributed by atoms with Gasteiger partial charge < -0.3 is 15.6 Å². The second-order valence-corrected chi connectivity index (χ2v) is 4.00. The zero-order valence-electron chi connectivity index (χ0n) is 10.0. The van der Waals surface area contributed by atoms with Gasteiger partial charge in [-0.1, -0.05) is 6.07 Å². The molecule has 0 atom stereocenters. The molecule has 2 rings (SSSR count). The van der Waals surface area contributed by atoms with Crippen molar-refractivity contribution in [3.05, 3.63) is 23.8 Å². The number of nitrogens with two attached hydrogens (primary N) is 1. The number of amides is 1. The Labute approximate surface area is 99.6 Å². The van der Waals surface area contributed by atoms with Gasteiger partial charge in [0.15, 0.2) is 0 Å². The molecule has 0 saturated carbocycles. The highest BCUT2D eigenvalue weighted by molar-refractivity contribution is 5.83. The number of aryl methyl sites for hydroxylation is 1. The maximum atomic E-state index is 11.6. The Morgan fingerprint density at radius 2 is 2.29 bits per heavy atom. The fraction of sp³-hybridized carbons (Fsp3) is 0.333. The molecule has 0 saturated heterocycles. The third-order valence-electron chi connectivity index (χ3n) is 2.61. The van der Waals surface area contributed by atoms with E-state index in [2.05, 4.69) is 10.3 Å². The number of rotatable bonds is 3. The van der Waals surface area contributed by atoms with Gasteiger partial charge >= 0.3 is 0 Å². The summed E-state index contributed by atoms with van der Waals surface area (Å²) in [6.07, 6.45) is 0. The summed E-state index contributed by atoms with van der Waals surface area (Å²) in [5.41, 5.74) is 8.66. The zero-order chi connectivity index (χ0) is 12.4. The SMILES string of the molecule is CCNC(=O)Cn1c(N)nc2cc(C)ccc21. The molecule has 0 radical (unpaired) electrons. The third-order valence-corrected chi connectivity index (χ3v) is 2.61.